The van der Waals surface area contributed by atoms with Gasteiger partial charge in [-0.3, -0.25) is 4.90 Å². The molecule has 1 aliphatic rings. The zero-order chi connectivity index (χ0) is 18.9. The monoisotopic (exact) mass is 366 g/mol. The van der Waals surface area contributed by atoms with Crippen molar-refractivity contribution in [2.45, 2.75) is 0 Å². The molecular weight excluding hydrogens is 336 g/mol. The summed E-state index contributed by atoms with van der Waals surface area (Å²) in [6.45, 7) is 6.93. The van der Waals surface area contributed by atoms with E-state index in [1.54, 1.807) is 6.33 Å². The van der Waals surface area contributed by atoms with E-state index in [1.807, 2.05) is 6.07 Å². The Morgan fingerprint density at radius 2 is 1.85 bits per heavy atom. The van der Waals surface area contributed by atoms with Crippen LogP contribution in [0.3, 0.4) is 0 Å². The lowest BCUT2D eigenvalue weighted by Crippen LogP contribution is -2.46. The number of anilines is 2. The van der Waals surface area contributed by atoms with E-state index in [-0.39, 0.29) is 0 Å². The first-order valence-electron chi connectivity index (χ1n) is 9.60. The Hall–Kier alpha value is -2.44. The summed E-state index contributed by atoms with van der Waals surface area (Å²) in [6.07, 6.45) is 6.10. The van der Waals surface area contributed by atoms with Gasteiger partial charge in [-0.25, -0.2) is 9.97 Å². The van der Waals surface area contributed by atoms with Crippen molar-refractivity contribution in [2.75, 3.05) is 70.1 Å². The van der Waals surface area contributed by atoms with Gasteiger partial charge in [0, 0.05) is 51.9 Å². The number of hydrogen-bond donors (Lipinski definition) is 1. The number of benzene rings is 1. The normalized spacial score (nSPS) is 15.6. The molecule has 0 radical (unpaired) electrons. The number of piperazine rings is 1. The molecule has 0 spiro atoms. The zero-order valence-electron chi connectivity index (χ0n) is 16.4. The van der Waals surface area contributed by atoms with E-state index in [4.69, 9.17) is 0 Å². The van der Waals surface area contributed by atoms with Crippen LogP contribution in [0, 0.1) is 0 Å². The van der Waals surface area contributed by atoms with Gasteiger partial charge < -0.3 is 15.1 Å². The average molecular weight is 367 g/mol. The lowest BCUT2D eigenvalue weighted by molar-refractivity contribution is 0.283. The van der Waals surface area contributed by atoms with Crippen LogP contribution in [-0.4, -0.2) is 79.7 Å². The SMILES string of the molecule is CN(C)CCNc1cc(N2CCN(C/C=C/c3ccccc3)CC2)ncn1. The van der Waals surface area contributed by atoms with Gasteiger partial charge >= 0.3 is 0 Å². The highest BCUT2D eigenvalue weighted by Crippen LogP contribution is 2.16. The van der Waals surface area contributed by atoms with Crippen LogP contribution < -0.4 is 10.2 Å². The third kappa shape index (κ3) is 6.34. The van der Waals surface area contributed by atoms with Crippen molar-refractivity contribution in [3.63, 3.8) is 0 Å². The Morgan fingerprint density at radius 1 is 1.07 bits per heavy atom. The lowest BCUT2D eigenvalue weighted by Gasteiger charge is -2.34. The van der Waals surface area contributed by atoms with Crippen LogP contribution in [0.5, 0.6) is 0 Å². The van der Waals surface area contributed by atoms with Gasteiger partial charge in [0.1, 0.15) is 18.0 Å². The summed E-state index contributed by atoms with van der Waals surface area (Å²) >= 11 is 0. The van der Waals surface area contributed by atoms with E-state index in [0.29, 0.717) is 0 Å². The highest BCUT2D eigenvalue weighted by molar-refractivity contribution is 5.49. The van der Waals surface area contributed by atoms with E-state index in [9.17, 15) is 0 Å². The lowest BCUT2D eigenvalue weighted by atomic mass is 10.2. The van der Waals surface area contributed by atoms with Crippen LogP contribution in [0.25, 0.3) is 6.08 Å². The minimum Gasteiger partial charge on any atom is -0.369 e. The molecule has 1 N–H and O–H groups in total. The maximum Gasteiger partial charge on any atom is 0.134 e. The third-order valence-electron chi connectivity index (χ3n) is 4.69. The molecule has 6 heteroatoms. The third-order valence-corrected chi connectivity index (χ3v) is 4.69. The first-order valence-corrected chi connectivity index (χ1v) is 9.60. The molecule has 144 valence electrons. The molecule has 0 saturated carbocycles. The molecule has 3 rings (SSSR count). The zero-order valence-corrected chi connectivity index (χ0v) is 16.4. The van der Waals surface area contributed by atoms with Crippen LogP contribution in [0.2, 0.25) is 0 Å². The minimum absolute atomic E-state index is 0.880. The predicted molar refractivity (Wildman–Crippen MR) is 113 cm³/mol. The van der Waals surface area contributed by atoms with Gasteiger partial charge in [-0.1, -0.05) is 42.5 Å². The smallest absolute Gasteiger partial charge is 0.134 e. The predicted octanol–water partition coefficient (Wildman–Crippen LogP) is 2.29. The van der Waals surface area contributed by atoms with Crippen molar-refractivity contribution < 1.29 is 0 Å². The van der Waals surface area contributed by atoms with Crippen molar-refractivity contribution >= 4 is 17.7 Å². The van der Waals surface area contributed by atoms with E-state index < -0.39 is 0 Å². The number of nitrogens with zero attached hydrogens (tertiary/aromatic N) is 5. The number of likely N-dealkylation sites (N-methyl/N-ethyl adjacent to an activating group) is 1. The Balaban J connectivity index is 1.45. The Kier molecular flexibility index (Phi) is 7.19. The van der Waals surface area contributed by atoms with Crippen LogP contribution in [-0.2, 0) is 0 Å². The first kappa shape index (κ1) is 19.3. The highest BCUT2D eigenvalue weighted by Gasteiger charge is 2.17. The molecule has 0 amide bonds. The molecule has 6 nitrogen and oxygen atoms in total. The first-order chi connectivity index (χ1) is 13.2. The molecular formula is C21H30N6. The summed E-state index contributed by atoms with van der Waals surface area (Å²) in [4.78, 5) is 15.8. The van der Waals surface area contributed by atoms with Gasteiger partial charge in [0.15, 0.2) is 0 Å². The van der Waals surface area contributed by atoms with E-state index in [1.165, 1.54) is 5.56 Å². The fourth-order valence-electron chi connectivity index (χ4n) is 3.09. The summed E-state index contributed by atoms with van der Waals surface area (Å²) in [5.74, 6) is 1.91. The average Bonchev–Trinajstić information content (AvgIpc) is 2.69. The fraction of sp³-hybridized carbons (Fsp3) is 0.429. The molecule has 1 aliphatic heterocycles. The Labute approximate surface area is 162 Å². The fourth-order valence-corrected chi connectivity index (χ4v) is 3.09. The maximum atomic E-state index is 4.47. The molecule has 1 fully saturated rings. The van der Waals surface area contributed by atoms with Crippen molar-refractivity contribution in [1.29, 1.82) is 0 Å². The summed E-state index contributed by atoms with van der Waals surface area (Å²) in [5, 5.41) is 3.37. The second kappa shape index (κ2) is 10.0. The largest absolute Gasteiger partial charge is 0.369 e. The van der Waals surface area contributed by atoms with Crippen LogP contribution in [0.15, 0.2) is 48.8 Å². The quantitative estimate of drug-likeness (QED) is 0.774. The summed E-state index contributed by atoms with van der Waals surface area (Å²) in [6, 6.07) is 12.5. The molecule has 2 aromatic rings. The van der Waals surface area contributed by atoms with Gasteiger partial charge in [-0.2, -0.15) is 0 Å². The van der Waals surface area contributed by atoms with Gasteiger partial charge in [0.2, 0.25) is 0 Å². The number of aromatic nitrogens is 2. The minimum atomic E-state index is 0.880. The highest BCUT2D eigenvalue weighted by atomic mass is 15.3. The molecule has 27 heavy (non-hydrogen) atoms. The Morgan fingerprint density at radius 3 is 2.59 bits per heavy atom. The van der Waals surface area contributed by atoms with Gasteiger partial charge in [0.05, 0.1) is 0 Å². The summed E-state index contributed by atoms with van der Waals surface area (Å²) < 4.78 is 0. The van der Waals surface area contributed by atoms with Crippen LogP contribution in [0.4, 0.5) is 11.6 Å². The van der Waals surface area contributed by atoms with Gasteiger partial charge in [0.25, 0.3) is 0 Å². The van der Waals surface area contributed by atoms with E-state index in [2.05, 4.69) is 86.6 Å². The van der Waals surface area contributed by atoms with E-state index in [0.717, 1.165) is 57.4 Å². The van der Waals surface area contributed by atoms with Crippen LogP contribution in [0.1, 0.15) is 5.56 Å². The topological polar surface area (TPSA) is 47.5 Å². The molecule has 1 aromatic heterocycles. The molecule has 0 bridgehead atoms. The van der Waals surface area contributed by atoms with Crippen molar-refractivity contribution in [3.05, 3.63) is 54.4 Å². The molecule has 1 aromatic carbocycles. The standard InChI is InChI=1S/C21H30N6/c1-25(2)12-10-22-20-17-21(24-18-23-20)27-15-13-26(14-16-27)11-6-9-19-7-4-3-5-8-19/h3-9,17-18H,10-16H2,1-2H3,(H,22,23,24)/b9-6+. The molecule has 0 aliphatic carbocycles. The molecule has 0 atom stereocenters. The molecule has 0 unspecified atom stereocenters. The van der Waals surface area contributed by atoms with Crippen LogP contribution >= 0.6 is 0 Å². The molecule has 1 saturated heterocycles. The number of rotatable bonds is 8. The van der Waals surface area contributed by atoms with Crippen molar-refractivity contribution in [1.82, 2.24) is 19.8 Å². The second-order valence-corrected chi connectivity index (χ2v) is 7.09. The molecule has 2 heterocycles. The van der Waals surface area contributed by atoms with Gasteiger partial charge in [-0.15, -0.1) is 0 Å². The summed E-state index contributed by atoms with van der Waals surface area (Å²) in [5.41, 5.74) is 1.26. The number of nitrogens with one attached hydrogen (secondary N) is 1. The summed E-state index contributed by atoms with van der Waals surface area (Å²) in [7, 11) is 4.14. The van der Waals surface area contributed by atoms with Crippen molar-refractivity contribution in [2.24, 2.45) is 0 Å². The van der Waals surface area contributed by atoms with E-state index >= 15 is 0 Å². The maximum absolute atomic E-state index is 4.47. The van der Waals surface area contributed by atoms with Crippen molar-refractivity contribution in [3.8, 4) is 0 Å². The second-order valence-electron chi connectivity index (χ2n) is 7.09. The van der Waals surface area contributed by atoms with Gasteiger partial charge in [-0.05, 0) is 19.7 Å². The Bertz CT molecular complexity index is 708. The number of hydrogen-bond acceptors (Lipinski definition) is 6.